The van der Waals surface area contributed by atoms with Gasteiger partial charge in [-0.2, -0.15) is 0 Å². The number of hydrogen-bond acceptors (Lipinski definition) is 5. The lowest BCUT2D eigenvalue weighted by molar-refractivity contribution is -0.148. The number of carbonyl (C=O) groups excluding carboxylic acids is 3. The predicted octanol–water partition coefficient (Wildman–Crippen LogP) is 0.928. The molecule has 0 aromatic heterocycles. The maximum atomic E-state index is 12.8. The summed E-state index contributed by atoms with van der Waals surface area (Å²) in [5, 5.41) is 20.4. The highest BCUT2D eigenvalue weighted by Gasteiger charge is 2.47. The van der Waals surface area contributed by atoms with Crippen LogP contribution < -0.4 is 10.8 Å². The number of likely N-dealkylation sites (N-methyl/N-ethyl adjacent to an activating group) is 2. The molecule has 148 valence electrons. The van der Waals surface area contributed by atoms with Crippen LogP contribution in [0.1, 0.15) is 22.8 Å². The lowest BCUT2D eigenvalue weighted by Crippen LogP contribution is -2.64. The zero-order valence-electron chi connectivity index (χ0n) is 15.9. The van der Waals surface area contributed by atoms with Gasteiger partial charge in [0, 0.05) is 19.7 Å². The van der Waals surface area contributed by atoms with Gasteiger partial charge in [0.2, 0.25) is 0 Å². The minimum Gasteiger partial charge on any atom is -0.392 e. The second kappa shape index (κ2) is 8.64. The monoisotopic (exact) mass is 385 g/mol. The van der Waals surface area contributed by atoms with Crippen molar-refractivity contribution >= 4 is 17.7 Å². The van der Waals surface area contributed by atoms with Gasteiger partial charge in [-0.1, -0.05) is 36.4 Å². The van der Waals surface area contributed by atoms with E-state index in [0.29, 0.717) is 0 Å². The van der Waals surface area contributed by atoms with Gasteiger partial charge in [-0.3, -0.25) is 19.6 Å². The van der Waals surface area contributed by atoms with E-state index in [2.05, 4.69) is 5.32 Å². The van der Waals surface area contributed by atoms with E-state index in [1.165, 1.54) is 26.5 Å². The molecule has 0 bridgehead atoms. The molecule has 0 fully saturated rings. The van der Waals surface area contributed by atoms with E-state index < -0.39 is 23.3 Å². The van der Waals surface area contributed by atoms with E-state index in [4.69, 9.17) is 10.3 Å². The van der Waals surface area contributed by atoms with E-state index in [1.807, 2.05) is 24.3 Å². The maximum absolute atomic E-state index is 12.8. The molecule has 0 aliphatic rings. The van der Waals surface area contributed by atoms with Crippen molar-refractivity contribution in [2.75, 3.05) is 14.1 Å². The molecule has 0 saturated carbocycles. The van der Waals surface area contributed by atoms with Gasteiger partial charge in [-0.05, 0) is 35.7 Å². The zero-order chi connectivity index (χ0) is 20.9. The summed E-state index contributed by atoms with van der Waals surface area (Å²) in [7, 11) is 2.65. The number of rotatable bonds is 6. The Morgan fingerprint density at radius 3 is 1.89 bits per heavy atom. The molecule has 1 atom stereocenters. The van der Waals surface area contributed by atoms with Gasteiger partial charge in [0.15, 0.2) is 5.54 Å². The molecule has 2 rings (SSSR count). The van der Waals surface area contributed by atoms with Crippen molar-refractivity contribution in [1.82, 2.24) is 15.7 Å². The van der Waals surface area contributed by atoms with Crippen molar-refractivity contribution in [2.45, 2.75) is 19.1 Å². The summed E-state index contributed by atoms with van der Waals surface area (Å²) < 4.78 is 0. The number of hydroxylamine groups is 1. The van der Waals surface area contributed by atoms with Crippen LogP contribution in [0.25, 0.3) is 11.1 Å². The second-order valence-corrected chi connectivity index (χ2v) is 6.39. The average Bonchev–Trinajstić information content (AvgIpc) is 2.76. The zero-order valence-corrected chi connectivity index (χ0v) is 15.9. The van der Waals surface area contributed by atoms with E-state index in [-0.39, 0.29) is 12.2 Å². The molecule has 2 aromatic rings. The summed E-state index contributed by atoms with van der Waals surface area (Å²) in [4.78, 5) is 38.1. The molecule has 4 N–H and O–H groups in total. The smallest absolute Gasteiger partial charge is 0.278 e. The normalized spacial score (nSPS) is 12.6. The summed E-state index contributed by atoms with van der Waals surface area (Å²) >= 11 is 0. The number of benzene rings is 2. The number of carbonyl (C=O) groups is 3. The van der Waals surface area contributed by atoms with Gasteiger partial charge in [-0.25, -0.2) is 5.48 Å². The standard InChI is InChI=1S/C20H23N3O5/c1-20(18(26)21-2,19(27)22-28)23(3)17(25)16-10-8-15(9-11-16)14-6-4-13(12-24)5-7-14/h4-11,24,28H,12H2,1-3H3,(H,21,26)(H,22,27)/t20-/m0/s1. The van der Waals surface area contributed by atoms with Crippen LogP contribution in [0, 0.1) is 0 Å². The van der Waals surface area contributed by atoms with Crippen LogP contribution in [-0.4, -0.2) is 52.6 Å². The highest BCUT2D eigenvalue weighted by Crippen LogP contribution is 2.23. The lowest BCUT2D eigenvalue weighted by Gasteiger charge is -2.34. The quantitative estimate of drug-likeness (QED) is 0.335. The summed E-state index contributed by atoms with van der Waals surface area (Å²) in [6.45, 7) is 1.21. The van der Waals surface area contributed by atoms with Gasteiger partial charge in [-0.15, -0.1) is 0 Å². The third kappa shape index (κ3) is 3.88. The first kappa shape index (κ1) is 21.1. The number of nitrogens with zero attached hydrogens (tertiary/aromatic N) is 1. The third-order valence-electron chi connectivity index (χ3n) is 4.79. The minimum absolute atomic E-state index is 0.0361. The van der Waals surface area contributed by atoms with Gasteiger partial charge in [0.1, 0.15) is 0 Å². The molecule has 3 amide bonds. The molecule has 0 spiro atoms. The van der Waals surface area contributed by atoms with E-state index in [9.17, 15) is 14.4 Å². The minimum atomic E-state index is -1.93. The first-order valence-corrected chi connectivity index (χ1v) is 8.54. The number of hydrogen-bond donors (Lipinski definition) is 4. The summed E-state index contributed by atoms with van der Waals surface area (Å²) in [6, 6.07) is 14.0. The Balaban J connectivity index is 2.29. The van der Waals surface area contributed by atoms with Crippen LogP contribution >= 0.6 is 0 Å². The van der Waals surface area contributed by atoms with Gasteiger partial charge < -0.3 is 15.3 Å². The van der Waals surface area contributed by atoms with Crippen molar-refractivity contribution in [2.24, 2.45) is 0 Å². The predicted molar refractivity (Wildman–Crippen MR) is 102 cm³/mol. The summed E-state index contributed by atoms with van der Waals surface area (Å²) in [5.74, 6) is -2.32. The first-order valence-electron chi connectivity index (χ1n) is 8.54. The molecule has 0 radical (unpaired) electrons. The molecular weight excluding hydrogens is 362 g/mol. The van der Waals surface area contributed by atoms with Crippen LogP contribution in [-0.2, 0) is 16.2 Å². The first-order chi connectivity index (χ1) is 13.3. The largest absolute Gasteiger partial charge is 0.392 e. The third-order valence-corrected chi connectivity index (χ3v) is 4.79. The fourth-order valence-corrected chi connectivity index (χ4v) is 2.76. The van der Waals surface area contributed by atoms with E-state index >= 15 is 0 Å². The number of amides is 3. The second-order valence-electron chi connectivity index (χ2n) is 6.39. The average molecular weight is 385 g/mol. The number of aliphatic hydroxyl groups excluding tert-OH is 1. The molecule has 8 nitrogen and oxygen atoms in total. The van der Waals surface area contributed by atoms with E-state index in [0.717, 1.165) is 21.6 Å². The Morgan fingerprint density at radius 2 is 1.46 bits per heavy atom. The van der Waals surface area contributed by atoms with Crippen LogP contribution in [0.15, 0.2) is 48.5 Å². The van der Waals surface area contributed by atoms with Crippen molar-refractivity contribution in [3.05, 3.63) is 59.7 Å². The lowest BCUT2D eigenvalue weighted by atomic mass is 9.96. The van der Waals surface area contributed by atoms with Gasteiger partial charge >= 0.3 is 0 Å². The SMILES string of the molecule is CNC(=O)[C@@](C)(C(=O)NO)N(C)C(=O)c1ccc(-c2ccc(CO)cc2)cc1. The molecule has 0 heterocycles. The van der Waals surface area contributed by atoms with Crippen LogP contribution in [0.3, 0.4) is 0 Å². The fraction of sp³-hybridized carbons (Fsp3) is 0.250. The van der Waals surface area contributed by atoms with Gasteiger partial charge in [0.25, 0.3) is 17.7 Å². The molecule has 0 unspecified atom stereocenters. The Hall–Kier alpha value is -3.23. The van der Waals surface area contributed by atoms with Gasteiger partial charge in [0.05, 0.1) is 6.61 Å². The molecule has 0 aliphatic carbocycles. The highest BCUT2D eigenvalue weighted by molar-refractivity contribution is 6.12. The molecule has 2 aromatic carbocycles. The Labute approximate surface area is 162 Å². The summed E-state index contributed by atoms with van der Waals surface area (Å²) in [6.07, 6.45) is 0. The Kier molecular flexibility index (Phi) is 6.50. The fourth-order valence-electron chi connectivity index (χ4n) is 2.76. The van der Waals surface area contributed by atoms with Crippen molar-refractivity contribution in [1.29, 1.82) is 0 Å². The molecule has 0 aliphatic heterocycles. The highest BCUT2D eigenvalue weighted by atomic mass is 16.5. The molecule has 28 heavy (non-hydrogen) atoms. The van der Waals surface area contributed by atoms with Crippen molar-refractivity contribution in [3.63, 3.8) is 0 Å². The molecule has 0 saturated heterocycles. The maximum Gasteiger partial charge on any atom is 0.278 e. The Bertz CT molecular complexity index is 846. The molecular formula is C20H23N3O5. The topological polar surface area (TPSA) is 119 Å². The van der Waals surface area contributed by atoms with Crippen molar-refractivity contribution < 1.29 is 24.7 Å². The summed E-state index contributed by atoms with van der Waals surface area (Å²) in [5.41, 5.74) is 2.36. The van der Waals surface area contributed by atoms with Crippen LogP contribution in [0.4, 0.5) is 0 Å². The van der Waals surface area contributed by atoms with Crippen LogP contribution in [0.2, 0.25) is 0 Å². The van der Waals surface area contributed by atoms with E-state index in [1.54, 1.807) is 24.3 Å². The molecule has 8 heteroatoms. The van der Waals surface area contributed by atoms with Crippen LogP contribution in [0.5, 0.6) is 0 Å². The number of nitrogens with one attached hydrogen (secondary N) is 2. The number of aliphatic hydroxyl groups is 1. The Morgan fingerprint density at radius 1 is 0.964 bits per heavy atom. The van der Waals surface area contributed by atoms with Crippen molar-refractivity contribution in [3.8, 4) is 11.1 Å².